The number of fused-ring (bicyclic) bond motifs is 3. The van der Waals surface area contributed by atoms with Gasteiger partial charge in [0.05, 0.1) is 11.1 Å². The molecule has 0 aliphatic heterocycles. The summed E-state index contributed by atoms with van der Waals surface area (Å²) in [5.74, 6) is -0.230. The molecule has 0 atom stereocenters. The molecule has 3 aromatic carbocycles. The maximum atomic E-state index is 15.2. The number of nitrogens with zero attached hydrogens (tertiary/aromatic N) is 1. The van der Waals surface area contributed by atoms with Crippen molar-refractivity contribution in [3.05, 3.63) is 89.9 Å². The van der Waals surface area contributed by atoms with Crippen LogP contribution in [0, 0.1) is 19.7 Å². The van der Waals surface area contributed by atoms with Gasteiger partial charge >= 0.3 is 0 Å². The van der Waals surface area contributed by atoms with Gasteiger partial charge in [0.1, 0.15) is 24.0 Å². The maximum Gasteiger partial charge on any atom is 0.216 e. The van der Waals surface area contributed by atoms with Crippen molar-refractivity contribution in [1.29, 1.82) is 0 Å². The Bertz CT molecular complexity index is 1380. The van der Waals surface area contributed by atoms with Crippen molar-refractivity contribution in [3.8, 4) is 22.4 Å². The first-order chi connectivity index (χ1) is 14.1. The molecule has 0 saturated carbocycles. The Hall–Kier alpha value is -3.46. The molecule has 2 nitrogen and oxygen atoms in total. The lowest BCUT2D eigenvalue weighted by molar-refractivity contribution is -0.660. The van der Waals surface area contributed by atoms with Gasteiger partial charge in [0.2, 0.25) is 5.69 Å². The Morgan fingerprint density at radius 3 is 2.24 bits per heavy atom. The van der Waals surface area contributed by atoms with Gasteiger partial charge < -0.3 is 4.42 Å². The smallest absolute Gasteiger partial charge is 0.216 e. The van der Waals surface area contributed by atoms with E-state index in [1.165, 1.54) is 0 Å². The molecule has 29 heavy (non-hydrogen) atoms. The molecule has 2 heterocycles. The summed E-state index contributed by atoms with van der Waals surface area (Å²) in [6.45, 7) is 3.89. The van der Waals surface area contributed by atoms with E-state index < -0.39 is 0 Å². The predicted octanol–water partition coefficient (Wildman–Crippen LogP) is 6.50. The first kappa shape index (κ1) is 17.6. The third kappa shape index (κ3) is 2.65. The van der Waals surface area contributed by atoms with Gasteiger partial charge in [0.15, 0.2) is 6.20 Å². The summed E-state index contributed by atoms with van der Waals surface area (Å²) in [7, 11) is 2.02. The number of benzene rings is 3. The van der Waals surface area contributed by atoms with Crippen LogP contribution in [0.25, 0.3) is 44.3 Å². The van der Waals surface area contributed by atoms with E-state index in [2.05, 4.69) is 29.7 Å². The fraction of sp³-hybridized carbons (Fsp3) is 0.115. The normalized spacial score (nSPS) is 11.4. The van der Waals surface area contributed by atoms with Crippen molar-refractivity contribution < 1.29 is 13.4 Å². The van der Waals surface area contributed by atoms with E-state index in [0.717, 1.165) is 38.7 Å². The molecule has 0 saturated heterocycles. The maximum absolute atomic E-state index is 15.2. The molecule has 5 rings (SSSR count). The van der Waals surface area contributed by atoms with E-state index in [0.29, 0.717) is 16.7 Å². The zero-order valence-corrected chi connectivity index (χ0v) is 16.7. The topological polar surface area (TPSA) is 17.0 Å². The predicted molar refractivity (Wildman–Crippen MR) is 115 cm³/mol. The summed E-state index contributed by atoms with van der Waals surface area (Å²) in [6.07, 6.45) is 2.02. The van der Waals surface area contributed by atoms with Gasteiger partial charge in [-0.2, -0.15) is 0 Å². The quantitative estimate of drug-likeness (QED) is 0.319. The van der Waals surface area contributed by atoms with Crippen LogP contribution >= 0.6 is 0 Å². The minimum atomic E-state index is -0.230. The molecule has 0 N–H and O–H groups in total. The van der Waals surface area contributed by atoms with Crippen molar-refractivity contribution in [2.45, 2.75) is 13.8 Å². The summed E-state index contributed by atoms with van der Waals surface area (Å²) < 4.78 is 23.8. The van der Waals surface area contributed by atoms with E-state index in [1.54, 1.807) is 0 Å². The van der Waals surface area contributed by atoms with Crippen LogP contribution in [0.5, 0.6) is 0 Å². The lowest BCUT2D eigenvalue weighted by Gasteiger charge is -2.07. The molecule has 2 aromatic heterocycles. The second kappa shape index (κ2) is 6.56. The Kier molecular flexibility index (Phi) is 3.99. The second-order valence-electron chi connectivity index (χ2n) is 7.56. The number of pyridine rings is 1. The van der Waals surface area contributed by atoms with Crippen LogP contribution < -0.4 is 4.57 Å². The van der Waals surface area contributed by atoms with Crippen molar-refractivity contribution in [1.82, 2.24) is 0 Å². The van der Waals surface area contributed by atoms with Crippen molar-refractivity contribution in [2.24, 2.45) is 7.05 Å². The molecule has 0 fully saturated rings. The molecule has 0 spiro atoms. The number of halogens is 1. The van der Waals surface area contributed by atoms with Crippen LogP contribution in [0.2, 0.25) is 0 Å². The summed E-state index contributed by atoms with van der Waals surface area (Å²) >= 11 is 0. The van der Waals surface area contributed by atoms with Crippen LogP contribution in [-0.2, 0) is 7.05 Å². The van der Waals surface area contributed by atoms with E-state index >= 15 is 4.39 Å². The van der Waals surface area contributed by atoms with Crippen molar-refractivity contribution in [2.75, 3.05) is 0 Å². The summed E-state index contributed by atoms with van der Waals surface area (Å²) in [5.41, 5.74) is 6.58. The highest BCUT2D eigenvalue weighted by atomic mass is 19.1. The minimum absolute atomic E-state index is 0.230. The van der Waals surface area contributed by atoms with Gasteiger partial charge in [0.25, 0.3) is 0 Å². The number of furan rings is 1. The highest BCUT2D eigenvalue weighted by Gasteiger charge is 2.23. The third-order valence-electron chi connectivity index (χ3n) is 5.63. The van der Waals surface area contributed by atoms with E-state index in [4.69, 9.17) is 4.42 Å². The van der Waals surface area contributed by atoms with Crippen LogP contribution in [0.15, 0.2) is 77.3 Å². The van der Waals surface area contributed by atoms with E-state index in [1.807, 2.05) is 68.7 Å². The molecule has 3 heteroatoms. The monoisotopic (exact) mass is 382 g/mol. The fourth-order valence-corrected chi connectivity index (χ4v) is 4.15. The number of aryl methyl sites for hydroxylation is 3. The Labute approximate surface area is 168 Å². The molecular weight excluding hydrogens is 361 g/mol. The average molecular weight is 382 g/mol. The number of rotatable bonds is 2. The first-order valence-electron chi connectivity index (χ1n) is 9.71. The first-order valence-corrected chi connectivity index (χ1v) is 9.71. The van der Waals surface area contributed by atoms with Gasteiger partial charge in [-0.1, -0.05) is 42.5 Å². The van der Waals surface area contributed by atoms with Gasteiger partial charge in [-0.05, 0) is 42.7 Å². The van der Waals surface area contributed by atoms with Gasteiger partial charge in [0, 0.05) is 22.9 Å². The summed E-state index contributed by atoms with van der Waals surface area (Å²) in [5, 5.41) is 1.95. The zero-order chi connectivity index (χ0) is 20.1. The molecule has 0 radical (unpaired) electrons. The fourth-order valence-electron chi connectivity index (χ4n) is 4.15. The number of hydrogen-bond acceptors (Lipinski definition) is 1. The lowest BCUT2D eigenvalue weighted by atomic mass is 9.97. The standard InChI is InChI=1S/C26H21FNO/c1-16-12-13-19-20-15-17(2)24(27)23(18-9-5-4-6-10-18)26(20)29-25(19)22(16)21-11-7-8-14-28(21)3/h4-15H,1-3H3/q+1. The SMILES string of the molecule is Cc1cc2c(oc3c(-c4cccc[n+]4C)c(C)ccc32)c(-c2ccccc2)c1F. The van der Waals surface area contributed by atoms with Gasteiger partial charge in [-0.25, -0.2) is 8.96 Å². The van der Waals surface area contributed by atoms with Crippen LogP contribution in [-0.4, -0.2) is 0 Å². The van der Waals surface area contributed by atoms with Crippen molar-refractivity contribution in [3.63, 3.8) is 0 Å². The molecule has 0 amide bonds. The molecule has 0 aliphatic rings. The Morgan fingerprint density at radius 2 is 1.48 bits per heavy atom. The minimum Gasteiger partial charge on any atom is -0.454 e. The Morgan fingerprint density at radius 1 is 0.759 bits per heavy atom. The van der Waals surface area contributed by atoms with Crippen LogP contribution in [0.1, 0.15) is 11.1 Å². The van der Waals surface area contributed by atoms with Crippen molar-refractivity contribution >= 4 is 21.9 Å². The van der Waals surface area contributed by atoms with Gasteiger partial charge in [-0.3, -0.25) is 0 Å². The zero-order valence-electron chi connectivity index (χ0n) is 16.7. The van der Waals surface area contributed by atoms with E-state index in [-0.39, 0.29) is 5.82 Å². The highest BCUT2D eigenvalue weighted by Crippen LogP contribution is 2.42. The second-order valence-corrected chi connectivity index (χ2v) is 7.56. The number of hydrogen-bond donors (Lipinski definition) is 0. The largest absolute Gasteiger partial charge is 0.454 e. The summed E-state index contributed by atoms with van der Waals surface area (Å²) in [4.78, 5) is 0. The molecule has 0 unspecified atom stereocenters. The van der Waals surface area contributed by atoms with E-state index in [9.17, 15) is 0 Å². The Balaban J connectivity index is 1.95. The van der Waals surface area contributed by atoms with Crippen LogP contribution in [0.3, 0.4) is 0 Å². The van der Waals surface area contributed by atoms with Gasteiger partial charge in [-0.15, -0.1) is 0 Å². The lowest BCUT2D eigenvalue weighted by Crippen LogP contribution is -2.30. The number of aromatic nitrogens is 1. The van der Waals surface area contributed by atoms with Crippen LogP contribution in [0.4, 0.5) is 4.39 Å². The average Bonchev–Trinajstić information content (AvgIpc) is 3.08. The molecule has 0 aliphatic carbocycles. The third-order valence-corrected chi connectivity index (χ3v) is 5.63. The summed E-state index contributed by atoms with van der Waals surface area (Å²) in [6, 6.07) is 21.8. The molecular formula is C26H21FNO+. The molecule has 5 aromatic rings. The highest BCUT2D eigenvalue weighted by molar-refractivity contribution is 6.13. The molecule has 142 valence electrons. The molecule has 0 bridgehead atoms.